The number of fused-ring (bicyclic) bond motifs is 2. The number of carbonyl (C=O) groups is 1. The molecule has 2 aromatic rings. The van der Waals surface area contributed by atoms with E-state index in [1.807, 2.05) is 24.3 Å². The number of ketones is 1. The predicted octanol–water partition coefficient (Wildman–Crippen LogP) is 4.15. The zero-order valence-electron chi connectivity index (χ0n) is 14.1. The van der Waals surface area contributed by atoms with Crippen molar-refractivity contribution in [3.05, 3.63) is 46.6 Å². The van der Waals surface area contributed by atoms with E-state index in [2.05, 4.69) is 35.3 Å². The summed E-state index contributed by atoms with van der Waals surface area (Å²) in [5.41, 5.74) is 1.91. The number of benzene rings is 1. The van der Waals surface area contributed by atoms with Crippen molar-refractivity contribution in [1.29, 1.82) is 0 Å². The number of rotatable bonds is 3. The molecule has 2 aliphatic rings. The molecule has 1 aliphatic carbocycles. The molecule has 1 aromatic carbocycles. The lowest BCUT2D eigenvalue weighted by Crippen LogP contribution is -2.38. The molecule has 1 aliphatic heterocycles. The average molecular weight is 375 g/mol. The number of hydrogen-bond donors (Lipinski definition) is 1. The van der Waals surface area contributed by atoms with Gasteiger partial charge in [0.15, 0.2) is 0 Å². The molecule has 0 fully saturated rings. The molecule has 0 saturated heterocycles. The Morgan fingerprint density at radius 1 is 1.40 bits per heavy atom. The minimum atomic E-state index is -0.136. The van der Waals surface area contributed by atoms with Crippen LogP contribution in [0.5, 0.6) is 0 Å². The largest absolute Gasteiger partial charge is 0.328 e. The maximum atomic E-state index is 12.4. The summed E-state index contributed by atoms with van der Waals surface area (Å²) in [5.74, 6) is 1.54. The van der Waals surface area contributed by atoms with Gasteiger partial charge in [0, 0.05) is 22.9 Å². The first kappa shape index (κ1) is 16.7. The van der Waals surface area contributed by atoms with Gasteiger partial charge >= 0.3 is 0 Å². The van der Waals surface area contributed by atoms with Crippen LogP contribution in [0.3, 0.4) is 0 Å². The van der Waals surface area contributed by atoms with Gasteiger partial charge in [0.05, 0.1) is 12.5 Å². The van der Waals surface area contributed by atoms with Gasteiger partial charge in [-0.15, -0.1) is 5.10 Å². The van der Waals surface area contributed by atoms with Crippen LogP contribution in [0.2, 0.25) is 5.02 Å². The fourth-order valence-electron chi connectivity index (χ4n) is 3.30. The third kappa shape index (κ3) is 3.33. The highest BCUT2D eigenvalue weighted by Crippen LogP contribution is 2.38. The zero-order chi connectivity index (χ0) is 17.6. The van der Waals surface area contributed by atoms with Gasteiger partial charge in [0.2, 0.25) is 11.1 Å². The Morgan fingerprint density at radius 2 is 2.20 bits per heavy atom. The molecule has 25 heavy (non-hydrogen) atoms. The molecule has 1 atom stereocenters. The second-order valence-corrected chi connectivity index (χ2v) is 8.54. The number of hydrogen-bond acceptors (Lipinski definition) is 5. The van der Waals surface area contributed by atoms with E-state index in [0.29, 0.717) is 29.8 Å². The number of nitrogens with zero attached hydrogens (tertiary/aromatic N) is 3. The molecule has 2 heterocycles. The summed E-state index contributed by atoms with van der Waals surface area (Å²) in [4.78, 5) is 17.0. The van der Waals surface area contributed by atoms with E-state index in [1.165, 1.54) is 0 Å². The Hall–Kier alpha value is -1.79. The highest BCUT2D eigenvalue weighted by atomic mass is 35.5. The van der Waals surface area contributed by atoms with E-state index in [4.69, 9.17) is 11.6 Å². The maximum Gasteiger partial charge on any atom is 0.226 e. The van der Waals surface area contributed by atoms with Crippen LogP contribution in [0.25, 0.3) is 0 Å². The van der Waals surface area contributed by atoms with E-state index >= 15 is 0 Å². The summed E-state index contributed by atoms with van der Waals surface area (Å²) in [6.45, 7) is 4.72. The summed E-state index contributed by atoms with van der Waals surface area (Å²) in [6.07, 6.45) is 2.73. The summed E-state index contributed by atoms with van der Waals surface area (Å²) < 4.78 is 1.80. The van der Waals surface area contributed by atoms with Crippen molar-refractivity contribution in [2.75, 3.05) is 5.32 Å². The number of allylic oxidation sites excluding steroid dienone is 2. The molecule has 130 valence electrons. The van der Waals surface area contributed by atoms with Crippen molar-refractivity contribution in [2.24, 2.45) is 11.3 Å². The molecule has 0 bridgehead atoms. The summed E-state index contributed by atoms with van der Waals surface area (Å²) in [7, 11) is 0. The number of halogens is 1. The number of anilines is 1. The highest BCUT2D eigenvalue weighted by Gasteiger charge is 2.38. The number of aromatic nitrogens is 3. The highest BCUT2D eigenvalue weighted by molar-refractivity contribution is 7.98. The summed E-state index contributed by atoms with van der Waals surface area (Å²) in [6, 6.07) is 7.78. The zero-order valence-corrected chi connectivity index (χ0v) is 15.7. The molecule has 1 unspecified atom stereocenters. The van der Waals surface area contributed by atoms with Gasteiger partial charge in [-0.25, -0.2) is 4.68 Å². The van der Waals surface area contributed by atoms with E-state index < -0.39 is 0 Å². The average Bonchev–Trinajstić information content (AvgIpc) is 2.93. The lowest BCUT2D eigenvalue weighted by atomic mass is 9.75. The monoisotopic (exact) mass is 374 g/mol. The van der Waals surface area contributed by atoms with Gasteiger partial charge < -0.3 is 5.32 Å². The van der Waals surface area contributed by atoms with Crippen LogP contribution in [0, 0.1) is 11.3 Å². The van der Waals surface area contributed by atoms with Crippen LogP contribution in [-0.4, -0.2) is 20.5 Å². The fraction of sp³-hybridized carbons (Fsp3) is 0.389. The minimum absolute atomic E-state index is 0.111. The molecule has 0 spiro atoms. The number of Topliss-reactive ketones (excluding diaryl/α,β-unsaturated/α-hetero) is 1. The van der Waals surface area contributed by atoms with Gasteiger partial charge in [-0.2, -0.15) is 4.98 Å². The molecule has 1 N–H and O–H groups in total. The molecule has 5 nitrogen and oxygen atoms in total. The van der Waals surface area contributed by atoms with Crippen molar-refractivity contribution >= 4 is 35.1 Å². The third-order valence-corrected chi connectivity index (χ3v) is 5.77. The topological polar surface area (TPSA) is 59.8 Å². The lowest BCUT2D eigenvalue weighted by Gasteiger charge is -2.35. The number of nitrogens with one attached hydrogen (secondary N) is 1. The first-order valence-electron chi connectivity index (χ1n) is 8.25. The maximum absolute atomic E-state index is 12.4. The Kier molecular flexibility index (Phi) is 4.12. The predicted molar refractivity (Wildman–Crippen MR) is 99.6 cm³/mol. The van der Waals surface area contributed by atoms with Gasteiger partial charge in [0.25, 0.3) is 0 Å². The molecule has 0 saturated carbocycles. The fourth-order valence-corrected chi connectivity index (χ4v) is 4.43. The van der Waals surface area contributed by atoms with Crippen molar-refractivity contribution in [3.8, 4) is 0 Å². The van der Waals surface area contributed by atoms with Crippen LogP contribution in [0.4, 0.5) is 5.95 Å². The van der Waals surface area contributed by atoms with Crippen molar-refractivity contribution in [2.45, 2.75) is 37.7 Å². The van der Waals surface area contributed by atoms with Crippen LogP contribution in [0.15, 0.2) is 41.2 Å². The molecule has 1 aromatic heterocycles. The molecule has 7 heteroatoms. The van der Waals surface area contributed by atoms with Crippen molar-refractivity contribution in [3.63, 3.8) is 0 Å². The van der Waals surface area contributed by atoms with Crippen molar-refractivity contribution < 1.29 is 4.79 Å². The van der Waals surface area contributed by atoms with E-state index in [0.717, 1.165) is 16.3 Å². The first-order chi connectivity index (χ1) is 11.9. The Morgan fingerprint density at radius 3 is 3.00 bits per heavy atom. The number of thioether (sulfide) groups is 1. The van der Waals surface area contributed by atoms with E-state index in [1.54, 1.807) is 16.4 Å². The molecular formula is C18H19ClN4OS. The van der Waals surface area contributed by atoms with Crippen LogP contribution >= 0.6 is 23.4 Å². The number of carbonyl (C=O) groups excluding carboxylic acids is 1. The molecular weight excluding hydrogens is 356 g/mol. The van der Waals surface area contributed by atoms with E-state index in [-0.39, 0.29) is 17.1 Å². The van der Waals surface area contributed by atoms with Gasteiger partial charge in [-0.05, 0) is 17.0 Å². The molecule has 0 radical (unpaired) electrons. The Balaban J connectivity index is 1.53. The van der Waals surface area contributed by atoms with Crippen molar-refractivity contribution in [1.82, 2.24) is 14.8 Å². The van der Waals surface area contributed by atoms with Crippen LogP contribution in [0.1, 0.15) is 25.8 Å². The standard InChI is InChI=1S/C18H19ClN4OS/c1-18(2)7-14-12(15(24)8-18)9-23-16(20-14)21-17(22-23)25-10-11-5-3-4-6-13(11)19/h3-7,12H,8-10H2,1-2H3,(H,20,21,22). The van der Waals surface area contributed by atoms with Gasteiger partial charge in [-0.3, -0.25) is 4.79 Å². The normalized spacial score (nSPS) is 21.2. The summed E-state index contributed by atoms with van der Waals surface area (Å²) in [5, 5.41) is 9.29. The van der Waals surface area contributed by atoms with Crippen LogP contribution in [-0.2, 0) is 17.1 Å². The first-order valence-corrected chi connectivity index (χ1v) is 9.61. The smallest absolute Gasteiger partial charge is 0.226 e. The molecule has 0 amide bonds. The van der Waals surface area contributed by atoms with Gasteiger partial charge in [0.1, 0.15) is 5.78 Å². The second-order valence-electron chi connectivity index (χ2n) is 7.19. The lowest BCUT2D eigenvalue weighted by molar-refractivity contribution is -0.124. The quantitative estimate of drug-likeness (QED) is 0.818. The Bertz CT molecular complexity index is 874. The molecule has 4 rings (SSSR count). The van der Waals surface area contributed by atoms with Crippen LogP contribution < -0.4 is 5.32 Å². The SMILES string of the molecule is CC1(C)C=C2Nc3nc(SCc4ccccc4Cl)nn3CC2C(=O)C1. The summed E-state index contributed by atoms with van der Waals surface area (Å²) >= 11 is 7.74. The van der Waals surface area contributed by atoms with E-state index in [9.17, 15) is 4.79 Å². The minimum Gasteiger partial charge on any atom is -0.328 e. The Labute approximate surface area is 155 Å². The van der Waals surface area contributed by atoms with Gasteiger partial charge in [-0.1, -0.05) is 61.5 Å². The second kappa shape index (κ2) is 6.18. The third-order valence-electron chi connectivity index (χ3n) is 4.52.